The maximum absolute atomic E-state index is 12.8. The summed E-state index contributed by atoms with van der Waals surface area (Å²) in [5.74, 6) is -0.462. The van der Waals surface area contributed by atoms with Gasteiger partial charge in [-0.25, -0.2) is 4.79 Å². The molecule has 6 heteroatoms. The molecule has 0 saturated heterocycles. The van der Waals surface area contributed by atoms with Crippen LogP contribution >= 0.6 is 0 Å². The normalized spacial score (nSPS) is 33.4. The third-order valence-electron chi connectivity index (χ3n) is 10.8. The van der Waals surface area contributed by atoms with Crippen molar-refractivity contribution in [1.29, 1.82) is 0 Å². The standard InChI is InChI=1S/C35H52O6/c1-24(11-9-15-27-13-7-6-8-14-27)12-10-18-34-30(37)17-19-33(4,5)32(34)29(41-26(3)36)21-25(2)35(34,39)20-16-28-22-31(38)40-23-28/h6-8,13-14,22,24-25,29-30,32,37,39H,9-12,15-21,23H2,1-5H3/t24-,25+,29-,30-,32-,34+,35-/m1/s1. The summed E-state index contributed by atoms with van der Waals surface area (Å²) in [7, 11) is 0. The minimum atomic E-state index is -1.17. The van der Waals surface area contributed by atoms with E-state index in [2.05, 4.69) is 51.1 Å². The number of hydrogen-bond acceptors (Lipinski definition) is 6. The van der Waals surface area contributed by atoms with E-state index < -0.39 is 17.1 Å². The predicted molar refractivity (Wildman–Crippen MR) is 160 cm³/mol. The predicted octanol–water partition coefficient (Wildman–Crippen LogP) is 6.57. The van der Waals surface area contributed by atoms with Crippen molar-refractivity contribution in [1.82, 2.24) is 0 Å². The highest BCUT2D eigenvalue weighted by atomic mass is 16.5. The van der Waals surface area contributed by atoms with E-state index in [9.17, 15) is 19.8 Å². The maximum Gasteiger partial charge on any atom is 0.331 e. The summed E-state index contributed by atoms with van der Waals surface area (Å²) in [6, 6.07) is 10.6. The molecule has 7 atom stereocenters. The van der Waals surface area contributed by atoms with E-state index in [1.54, 1.807) is 6.08 Å². The lowest BCUT2D eigenvalue weighted by Gasteiger charge is -2.67. The number of carbonyl (C=O) groups is 2. The molecule has 1 heterocycles. The van der Waals surface area contributed by atoms with E-state index in [0.29, 0.717) is 38.0 Å². The zero-order chi connectivity index (χ0) is 29.8. The largest absolute Gasteiger partial charge is 0.462 e. The number of rotatable bonds is 12. The first kappa shape index (κ1) is 31.7. The molecule has 0 radical (unpaired) electrons. The Morgan fingerprint density at radius 3 is 2.49 bits per heavy atom. The van der Waals surface area contributed by atoms with Crippen LogP contribution in [0.15, 0.2) is 42.0 Å². The summed E-state index contributed by atoms with van der Waals surface area (Å²) >= 11 is 0. The molecule has 4 rings (SSSR count). The van der Waals surface area contributed by atoms with Gasteiger partial charge in [-0.2, -0.15) is 0 Å². The van der Waals surface area contributed by atoms with Crippen molar-refractivity contribution >= 4 is 11.9 Å². The van der Waals surface area contributed by atoms with Crippen molar-refractivity contribution in [3.63, 3.8) is 0 Å². The molecule has 228 valence electrons. The third-order valence-corrected chi connectivity index (χ3v) is 10.8. The number of cyclic esters (lactones) is 1. The van der Waals surface area contributed by atoms with Crippen LogP contribution in [0.2, 0.25) is 0 Å². The van der Waals surface area contributed by atoms with Gasteiger partial charge in [-0.15, -0.1) is 0 Å². The van der Waals surface area contributed by atoms with Gasteiger partial charge in [-0.05, 0) is 79.8 Å². The van der Waals surface area contributed by atoms with Crippen molar-refractivity contribution < 1.29 is 29.3 Å². The van der Waals surface area contributed by atoms with Crippen molar-refractivity contribution in [2.75, 3.05) is 6.61 Å². The molecule has 0 spiro atoms. The van der Waals surface area contributed by atoms with Crippen LogP contribution in [-0.4, -0.2) is 46.6 Å². The van der Waals surface area contributed by atoms with Crippen LogP contribution in [0, 0.1) is 28.6 Å². The average Bonchev–Trinajstić information content (AvgIpc) is 3.33. The van der Waals surface area contributed by atoms with Gasteiger partial charge in [0.2, 0.25) is 0 Å². The number of benzene rings is 1. The van der Waals surface area contributed by atoms with E-state index in [1.165, 1.54) is 12.5 Å². The van der Waals surface area contributed by atoms with Crippen LogP contribution < -0.4 is 0 Å². The summed E-state index contributed by atoms with van der Waals surface area (Å²) in [6.45, 7) is 10.5. The first-order valence-electron chi connectivity index (χ1n) is 15.9. The highest BCUT2D eigenvalue weighted by molar-refractivity contribution is 5.85. The number of fused-ring (bicyclic) bond motifs is 1. The molecular formula is C35H52O6. The van der Waals surface area contributed by atoms with Crippen molar-refractivity contribution in [3.8, 4) is 0 Å². The molecule has 41 heavy (non-hydrogen) atoms. The minimum Gasteiger partial charge on any atom is -0.462 e. The number of ether oxygens (including phenoxy) is 2. The van der Waals surface area contributed by atoms with Gasteiger partial charge in [0.15, 0.2) is 0 Å². The summed E-state index contributed by atoms with van der Waals surface area (Å²) in [4.78, 5) is 24.0. The number of hydrogen-bond donors (Lipinski definition) is 2. The van der Waals surface area contributed by atoms with E-state index in [-0.39, 0.29) is 41.9 Å². The smallest absolute Gasteiger partial charge is 0.331 e. The van der Waals surface area contributed by atoms with Gasteiger partial charge in [0, 0.05) is 24.3 Å². The molecule has 0 amide bonds. The fourth-order valence-electron chi connectivity index (χ4n) is 8.80. The number of aliphatic hydroxyl groups is 2. The zero-order valence-electron chi connectivity index (χ0n) is 25.9. The van der Waals surface area contributed by atoms with Crippen LogP contribution in [0.3, 0.4) is 0 Å². The Labute approximate surface area is 246 Å². The van der Waals surface area contributed by atoms with Gasteiger partial charge < -0.3 is 19.7 Å². The van der Waals surface area contributed by atoms with Crippen LogP contribution in [-0.2, 0) is 25.5 Å². The lowest BCUT2D eigenvalue weighted by molar-refractivity contribution is -0.291. The van der Waals surface area contributed by atoms with Gasteiger partial charge in [0.05, 0.1) is 11.7 Å². The Kier molecular flexibility index (Phi) is 10.1. The van der Waals surface area contributed by atoms with Crippen molar-refractivity contribution in [3.05, 3.63) is 47.5 Å². The molecule has 0 aromatic heterocycles. The Bertz CT molecular complexity index is 1080. The fourth-order valence-corrected chi connectivity index (χ4v) is 8.80. The fraction of sp³-hybridized carbons (Fsp3) is 0.714. The average molecular weight is 569 g/mol. The molecule has 1 aromatic carbocycles. The van der Waals surface area contributed by atoms with Crippen molar-refractivity contribution in [2.45, 2.75) is 123 Å². The molecule has 3 aliphatic rings. The monoisotopic (exact) mass is 568 g/mol. The summed E-state index contributed by atoms with van der Waals surface area (Å²) in [5.41, 5.74) is 0.0483. The Balaban J connectivity index is 1.57. The number of esters is 2. The molecule has 2 aliphatic carbocycles. The topological polar surface area (TPSA) is 93.1 Å². The van der Waals surface area contributed by atoms with Crippen LogP contribution in [0.25, 0.3) is 0 Å². The van der Waals surface area contributed by atoms with E-state index in [4.69, 9.17) is 9.47 Å². The quantitative estimate of drug-likeness (QED) is 0.277. The molecule has 2 saturated carbocycles. The summed E-state index contributed by atoms with van der Waals surface area (Å²) in [5, 5.41) is 24.8. The molecule has 1 aliphatic heterocycles. The van der Waals surface area contributed by atoms with Gasteiger partial charge in [0.25, 0.3) is 0 Å². The summed E-state index contributed by atoms with van der Waals surface area (Å²) < 4.78 is 11.2. The molecule has 0 unspecified atom stereocenters. The Morgan fingerprint density at radius 1 is 1.12 bits per heavy atom. The van der Waals surface area contributed by atoms with Crippen molar-refractivity contribution in [2.24, 2.45) is 28.6 Å². The number of carbonyl (C=O) groups excluding carboxylic acids is 2. The van der Waals surface area contributed by atoms with Gasteiger partial charge in [-0.1, -0.05) is 77.3 Å². The summed E-state index contributed by atoms with van der Waals surface area (Å²) in [6.07, 6.45) is 9.40. The molecule has 1 aromatic rings. The van der Waals surface area contributed by atoms with Gasteiger partial charge in [0.1, 0.15) is 12.7 Å². The molecule has 2 fully saturated rings. The Morgan fingerprint density at radius 2 is 1.83 bits per heavy atom. The molecular weight excluding hydrogens is 516 g/mol. The maximum atomic E-state index is 12.8. The van der Waals surface area contributed by atoms with Gasteiger partial charge >= 0.3 is 11.9 Å². The first-order chi connectivity index (χ1) is 19.4. The SMILES string of the molecule is CC(=O)O[C@@H]1C[C@H](C)[C@](O)(CCC2=CC(=O)OC2)[C@@]2(CCC[C@H](C)CCCc3ccccc3)[C@H](O)CCC(C)(C)[C@@H]12. The minimum absolute atomic E-state index is 0.173. The van der Waals surface area contributed by atoms with Crippen LogP contribution in [0.1, 0.15) is 104 Å². The van der Waals surface area contributed by atoms with E-state index in [0.717, 1.165) is 44.1 Å². The second-order valence-corrected chi connectivity index (χ2v) is 14.1. The van der Waals surface area contributed by atoms with Crippen LogP contribution in [0.4, 0.5) is 0 Å². The highest BCUT2D eigenvalue weighted by Gasteiger charge is 2.69. The zero-order valence-corrected chi connectivity index (χ0v) is 25.9. The van der Waals surface area contributed by atoms with Gasteiger partial charge in [-0.3, -0.25) is 4.79 Å². The first-order valence-corrected chi connectivity index (χ1v) is 15.9. The molecule has 0 bridgehead atoms. The number of aryl methyl sites for hydroxylation is 1. The number of aliphatic hydroxyl groups excluding tert-OH is 1. The third kappa shape index (κ3) is 6.74. The molecule has 6 nitrogen and oxygen atoms in total. The highest BCUT2D eigenvalue weighted by Crippen LogP contribution is 2.66. The second kappa shape index (κ2) is 13.0. The lowest BCUT2D eigenvalue weighted by atomic mass is 9.40. The molecule has 2 N–H and O–H groups in total. The van der Waals surface area contributed by atoms with Crippen LogP contribution in [0.5, 0.6) is 0 Å². The lowest BCUT2D eigenvalue weighted by Crippen LogP contribution is -2.72. The van der Waals surface area contributed by atoms with E-state index in [1.807, 2.05) is 6.92 Å². The second-order valence-electron chi connectivity index (χ2n) is 14.1. The Hall–Kier alpha value is -2.18. The van der Waals surface area contributed by atoms with E-state index >= 15 is 0 Å².